The van der Waals surface area contributed by atoms with Crippen molar-refractivity contribution in [2.75, 3.05) is 18.4 Å². The number of hydrogen-bond donors (Lipinski definition) is 1. The summed E-state index contributed by atoms with van der Waals surface area (Å²) in [4.78, 5) is 12.7. The molecule has 0 spiro atoms. The second-order valence-corrected chi connectivity index (χ2v) is 9.58. The van der Waals surface area contributed by atoms with Crippen LogP contribution in [0, 0.1) is 0 Å². The fourth-order valence-corrected chi connectivity index (χ4v) is 5.48. The highest BCUT2D eigenvalue weighted by Crippen LogP contribution is 2.37. The van der Waals surface area contributed by atoms with Gasteiger partial charge >= 0.3 is 0 Å². The Morgan fingerprint density at radius 1 is 1.29 bits per heavy atom. The summed E-state index contributed by atoms with van der Waals surface area (Å²) in [6, 6.07) is 5.72. The number of nitrogens with one attached hydrogen (secondary N) is 1. The lowest BCUT2D eigenvalue weighted by molar-refractivity contribution is 0.101. The predicted molar refractivity (Wildman–Crippen MR) is 105 cm³/mol. The number of thioether (sulfide) groups is 1. The minimum absolute atomic E-state index is 0.0234. The van der Waals surface area contributed by atoms with Gasteiger partial charge in [0.2, 0.25) is 10.0 Å². The van der Waals surface area contributed by atoms with Gasteiger partial charge in [-0.1, -0.05) is 29.4 Å². The predicted octanol–water partition coefficient (Wildman–Crippen LogP) is 4.03. The average molecular weight is 450 g/mol. The van der Waals surface area contributed by atoms with Crippen LogP contribution in [0.25, 0.3) is 0 Å². The Morgan fingerprint density at radius 3 is 2.61 bits per heavy atom. The van der Waals surface area contributed by atoms with E-state index in [1.54, 1.807) is 7.05 Å². The lowest BCUT2D eigenvalue weighted by Gasteiger charge is -2.13. The SMILES string of the molecule is Cn1cc(S(=O)(=O)N2CCCC2)cc1C(=O)Nc1cccc(Cl)c1SC(F)F. The molecule has 28 heavy (non-hydrogen) atoms. The lowest BCUT2D eigenvalue weighted by Crippen LogP contribution is -2.27. The fraction of sp³-hybridized carbons (Fsp3) is 0.353. The van der Waals surface area contributed by atoms with Gasteiger partial charge in [0.1, 0.15) is 10.6 Å². The van der Waals surface area contributed by atoms with Gasteiger partial charge in [-0.2, -0.15) is 13.1 Å². The zero-order chi connectivity index (χ0) is 20.5. The van der Waals surface area contributed by atoms with Crippen molar-refractivity contribution >= 4 is 45.0 Å². The van der Waals surface area contributed by atoms with Gasteiger partial charge in [-0.25, -0.2) is 8.42 Å². The van der Waals surface area contributed by atoms with E-state index in [0.29, 0.717) is 13.1 Å². The van der Waals surface area contributed by atoms with Crippen molar-refractivity contribution in [3.63, 3.8) is 0 Å². The van der Waals surface area contributed by atoms with Crippen molar-refractivity contribution < 1.29 is 22.0 Å². The number of anilines is 1. The third kappa shape index (κ3) is 4.35. The summed E-state index contributed by atoms with van der Waals surface area (Å²) in [6.45, 7) is 0.908. The number of halogens is 3. The molecular weight excluding hydrogens is 432 g/mol. The number of carbonyl (C=O) groups excluding carboxylic acids is 1. The fourth-order valence-electron chi connectivity index (χ4n) is 2.98. The maximum atomic E-state index is 12.8. The molecule has 11 heteroatoms. The standard InChI is InChI=1S/C17H18ClF2N3O3S2/c1-22-10-11(28(25,26)23-7-2-3-8-23)9-14(22)16(24)21-13-6-4-5-12(18)15(13)27-17(19)20/h4-6,9-10,17H,2-3,7-8H2,1H3,(H,21,24). The van der Waals surface area contributed by atoms with E-state index in [9.17, 15) is 22.0 Å². The zero-order valence-electron chi connectivity index (χ0n) is 14.9. The summed E-state index contributed by atoms with van der Waals surface area (Å²) in [6.07, 6.45) is 2.98. The van der Waals surface area contributed by atoms with Crippen molar-refractivity contribution in [2.45, 2.75) is 28.4 Å². The molecule has 0 saturated carbocycles. The highest BCUT2D eigenvalue weighted by molar-refractivity contribution is 7.99. The smallest absolute Gasteiger partial charge is 0.289 e. The van der Waals surface area contributed by atoms with E-state index in [2.05, 4.69) is 5.32 Å². The maximum Gasteiger partial charge on any atom is 0.289 e. The van der Waals surface area contributed by atoms with Crippen LogP contribution >= 0.6 is 23.4 Å². The van der Waals surface area contributed by atoms with Crippen LogP contribution < -0.4 is 5.32 Å². The Kier molecular flexibility index (Phi) is 6.33. The minimum Gasteiger partial charge on any atom is -0.345 e. The highest BCUT2D eigenvalue weighted by atomic mass is 35.5. The van der Waals surface area contributed by atoms with E-state index in [-0.39, 0.29) is 38.0 Å². The maximum absolute atomic E-state index is 12.8. The van der Waals surface area contributed by atoms with Crippen LogP contribution in [0.3, 0.4) is 0 Å². The molecule has 0 unspecified atom stereocenters. The largest absolute Gasteiger partial charge is 0.345 e. The summed E-state index contributed by atoms with van der Waals surface area (Å²) in [5, 5.41) is 2.63. The first-order valence-corrected chi connectivity index (χ1v) is 11.1. The number of benzene rings is 1. The Bertz CT molecular complexity index is 990. The molecule has 1 aliphatic heterocycles. The molecule has 1 aliphatic rings. The molecule has 0 radical (unpaired) electrons. The second kappa shape index (κ2) is 8.40. The molecule has 0 atom stereocenters. The molecule has 1 aromatic heterocycles. The normalized spacial score (nSPS) is 15.3. The molecule has 1 N–H and O–H groups in total. The number of alkyl halides is 2. The van der Waals surface area contributed by atoms with Crippen molar-refractivity contribution in [1.82, 2.24) is 8.87 Å². The van der Waals surface area contributed by atoms with Crippen molar-refractivity contribution in [3.8, 4) is 0 Å². The molecule has 2 aromatic rings. The molecule has 152 valence electrons. The van der Waals surface area contributed by atoms with Gasteiger partial charge in [-0.3, -0.25) is 4.79 Å². The molecular formula is C17H18ClF2N3O3S2. The topological polar surface area (TPSA) is 71.4 Å². The zero-order valence-corrected chi connectivity index (χ0v) is 17.3. The summed E-state index contributed by atoms with van der Waals surface area (Å²) < 4.78 is 53.7. The van der Waals surface area contributed by atoms with Crippen molar-refractivity contribution in [1.29, 1.82) is 0 Å². The van der Waals surface area contributed by atoms with Crippen molar-refractivity contribution in [3.05, 3.63) is 41.2 Å². The van der Waals surface area contributed by atoms with Gasteiger partial charge in [0, 0.05) is 26.3 Å². The molecule has 3 rings (SSSR count). The molecule has 0 bridgehead atoms. The molecule has 1 aromatic carbocycles. The first-order valence-electron chi connectivity index (χ1n) is 8.41. The van der Waals surface area contributed by atoms with Gasteiger partial charge in [0.15, 0.2) is 0 Å². The third-order valence-corrected chi connectivity index (χ3v) is 7.48. The summed E-state index contributed by atoms with van der Waals surface area (Å²) >= 11 is 6.21. The van der Waals surface area contributed by atoms with E-state index < -0.39 is 21.7 Å². The Hall–Kier alpha value is -1.62. The second-order valence-electron chi connectivity index (χ2n) is 6.23. The number of rotatable bonds is 6. The number of nitrogens with zero attached hydrogens (tertiary/aromatic N) is 2. The number of sulfonamides is 1. The van der Waals surface area contributed by atoms with Gasteiger partial charge < -0.3 is 9.88 Å². The average Bonchev–Trinajstić information content (AvgIpc) is 3.28. The van der Waals surface area contributed by atoms with Gasteiger partial charge in [0.25, 0.3) is 11.7 Å². The Labute approximate surface area is 170 Å². The molecule has 0 aliphatic carbocycles. The number of aromatic nitrogens is 1. The minimum atomic E-state index is -3.67. The first kappa shape index (κ1) is 21.1. The molecule has 2 heterocycles. The molecule has 1 saturated heterocycles. The number of amides is 1. The van der Waals surface area contributed by atoms with Crippen molar-refractivity contribution in [2.24, 2.45) is 7.05 Å². The third-order valence-electron chi connectivity index (χ3n) is 4.34. The summed E-state index contributed by atoms with van der Waals surface area (Å²) in [5.74, 6) is -3.33. The monoisotopic (exact) mass is 449 g/mol. The Balaban J connectivity index is 1.87. The molecule has 6 nitrogen and oxygen atoms in total. The number of carbonyl (C=O) groups is 1. The van der Waals surface area contributed by atoms with E-state index in [1.165, 1.54) is 39.3 Å². The summed E-state index contributed by atoms with van der Waals surface area (Å²) in [7, 11) is -2.12. The van der Waals surface area contributed by atoms with Crippen LogP contribution in [-0.2, 0) is 17.1 Å². The molecule has 1 amide bonds. The van der Waals surface area contributed by atoms with E-state index >= 15 is 0 Å². The number of hydrogen-bond acceptors (Lipinski definition) is 4. The van der Waals surface area contributed by atoms with Crippen LogP contribution in [0.15, 0.2) is 40.3 Å². The van der Waals surface area contributed by atoms with Gasteiger partial charge in [0.05, 0.1) is 15.6 Å². The number of aryl methyl sites for hydroxylation is 1. The highest BCUT2D eigenvalue weighted by Gasteiger charge is 2.29. The van der Waals surface area contributed by atoms with Crippen LogP contribution in [-0.4, -0.2) is 42.0 Å². The van der Waals surface area contributed by atoms with E-state index in [4.69, 9.17) is 11.6 Å². The summed E-state index contributed by atoms with van der Waals surface area (Å²) in [5.41, 5.74) is 0.221. The Morgan fingerprint density at radius 2 is 1.96 bits per heavy atom. The van der Waals surface area contributed by atoms with E-state index in [0.717, 1.165) is 12.8 Å². The first-order chi connectivity index (χ1) is 13.2. The van der Waals surface area contributed by atoms with Crippen LogP contribution in [0.4, 0.5) is 14.5 Å². The van der Waals surface area contributed by atoms with Crippen LogP contribution in [0.5, 0.6) is 0 Å². The quantitative estimate of drug-likeness (QED) is 0.676. The van der Waals surface area contributed by atoms with Crippen LogP contribution in [0.1, 0.15) is 23.3 Å². The van der Waals surface area contributed by atoms with Gasteiger partial charge in [-0.15, -0.1) is 0 Å². The van der Waals surface area contributed by atoms with Crippen LogP contribution in [0.2, 0.25) is 5.02 Å². The molecule has 1 fully saturated rings. The van der Waals surface area contributed by atoms with Gasteiger partial charge in [-0.05, 0) is 31.0 Å². The lowest BCUT2D eigenvalue weighted by atomic mass is 10.3. The van der Waals surface area contributed by atoms with E-state index in [1.807, 2.05) is 0 Å².